The Bertz CT molecular complexity index is 1410. The van der Waals surface area contributed by atoms with Gasteiger partial charge in [-0.05, 0) is 19.4 Å². The van der Waals surface area contributed by atoms with Crippen LogP contribution in [0.5, 0.6) is 0 Å². The third kappa shape index (κ3) is 4.40. The molecule has 3 aromatic heterocycles. The molecule has 0 radical (unpaired) electrons. The van der Waals surface area contributed by atoms with Gasteiger partial charge >= 0.3 is 0 Å². The van der Waals surface area contributed by atoms with E-state index in [1.165, 1.54) is 18.9 Å². The van der Waals surface area contributed by atoms with Crippen LogP contribution in [0, 0.1) is 18.6 Å². The van der Waals surface area contributed by atoms with Crippen LogP contribution in [0.25, 0.3) is 17.0 Å². The molecule has 4 aromatic rings. The molecule has 166 valence electrons. The van der Waals surface area contributed by atoms with Crippen LogP contribution in [0.3, 0.4) is 0 Å². The van der Waals surface area contributed by atoms with Crippen LogP contribution in [0.4, 0.5) is 20.3 Å². The lowest BCUT2D eigenvalue weighted by atomic mass is 10.2. The Morgan fingerprint density at radius 1 is 1.12 bits per heavy atom. The minimum Gasteiger partial charge on any atom is -0.333 e. The molecule has 0 atom stereocenters. The summed E-state index contributed by atoms with van der Waals surface area (Å²) in [6.45, 7) is 3.53. The fraction of sp³-hybridized carbons (Fsp3) is 0.250. The molecule has 32 heavy (non-hydrogen) atoms. The van der Waals surface area contributed by atoms with Crippen molar-refractivity contribution in [2.75, 3.05) is 11.1 Å². The highest BCUT2D eigenvalue weighted by Crippen LogP contribution is 2.28. The van der Waals surface area contributed by atoms with Crippen LogP contribution in [-0.4, -0.2) is 43.7 Å². The highest BCUT2D eigenvalue weighted by atomic mass is 32.2. The van der Waals surface area contributed by atoms with Crippen molar-refractivity contribution in [3.8, 4) is 5.95 Å². The van der Waals surface area contributed by atoms with Crippen LogP contribution >= 0.6 is 0 Å². The van der Waals surface area contributed by atoms with Gasteiger partial charge in [-0.1, -0.05) is 13.0 Å². The first-order valence-electron chi connectivity index (χ1n) is 9.70. The molecule has 1 N–H and O–H groups in total. The first kappa shape index (κ1) is 21.7. The Hall–Kier alpha value is -3.54. The zero-order valence-corrected chi connectivity index (χ0v) is 18.1. The predicted molar refractivity (Wildman–Crippen MR) is 114 cm³/mol. The molecule has 0 amide bonds. The first-order chi connectivity index (χ1) is 15.3. The number of aromatic nitrogens is 6. The molecule has 9 nitrogen and oxygen atoms in total. The molecule has 0 aliphatic heterocycles. The molecule has 1 aromatic carbocycles. The van der Waals surface area contributed by atoms with Gasteiger partial charge in [0.15, 0.2) is 21.5 Å². The number of nitrogens with one attached hydrogen (secondary N) is 1. The molecule has 4 rings (SSSR count). The van der Waals surface area contributed by atoms with Crippen molar-refractivity contribution in [1.29, 1.82) is 0 Å². The van der Waals surface area contributed by atoms with Gasteiger partial charge in [-0.2, -0.15) is 0 Å². The number of sulfone groups is 1. The molecule has 0 spiro atoms. The normalized spacial score (nSPS) is 11.8. The molecular weight excluding hydrogens is 440 g/mol. The lowest BCUT2D eigenvalue weighted by molar-refractivity contribution is 0.574. The Morgan fingerprint density at radius 2 is 1.94 bits per heavy atom. The van der Waals surface area contributed by atoms with Crippen molar-refractivity contribution in [2.45, 2.75) is 26.0 Å². The molecule has 0 unspecified atom stereocenters. The molecular formula is C20H19F2N7O2S. The standard InChI is InChI=1S/C20H19F2N7O2S/c1-3-6-32(30,31)9-13-4-5-14(21)17(16(13)22)27-19-18-15(24-10-25-19)7-23-20(28-18)29-8-12(2)26-11-29/h4-5,7-8,10-11H,3,6,9H2,1-2H3,(H,24,25,27). The van der Waals surface area contributed by atoms with Crippen molar-refractivity contribution in [3.05, 3.63) is 60.1 Å². The van der Waals surface area contributed by atoms with E-state index in [1.54, 1.807) is 17.7 Å². The van der Waals surface area contributed by atoms with Gasteiger partial charge in [0.1, 0.15) is 35.2 Å². The Labute approximate surface area is 182 Å². The van der Waals surface area contributed by atoms with Crippen LogP contribution in [-0.2, 0) is 15.6 Å². The third-order valence-corrected chi connectivity index (χ3v) is 6.39. The quantitative estimate of drug-likeness (QED) is 0.448. The smallest absolute Gasteiger partial charge is 0.235 e. The van der Waals surface area contributed by atoms with Gasteiger partial charge in [0, 0.05) is 11.8 Å². The van der Waals surface area contributed by atoms with E-state index in [0.29, 0.717) is 11.9 Å². The number of rotatable bonds is 7. The molecule has 0 fully saturated rings. The maximum atomic E-state index is 15.1. The van der Waals surface area contributed by atoms with Crippen molar-refractivity contribution in [3.63, 3.8) is 0 Å². The van der Waals surface area contributed by atoms with Gasteiger partial charge < -0.3 is 5.32 Å². The number of nitrogens with zero attached hydrogens (tertiary/aromatic N) is 6. The van der Waals surface area contributed by atoms with Gasteiger partial charge in [0.05, 0.1) is 23.4 Å². The number of benzene rings is 1. The summed E-state index contributed by atoms with van der Waals surface area (Å²) in [4.78, 5) is 20.9. The monoisotopic (exact) mass is 459 g/mol. The maximum Gasteiger partial charge on any atom is 0.235 e. The van der Waals surface area contributed by atoms with Crippen LogP contribution in [0.1, 0.15) is 24.6 Å². The predicted octanol–water partition coefficient (Wildman–Crippen LogP) is 3.26. The molecule has 3 heterocycles. The summed E-state index contributed by atoms with van der Waals surface area (Å²) < 4.78 is 55.4. The van der Waals surface area contributed by atoms with E-state index < -0.39 is 32.9 Å². The number of hydrogen-bond donors (Lipinski definition) is 1. The lowest BCUT2D eigenvalue weighted by Crippen LogP contribution is -2.11. The Balaban J connectivity index is 1.75. The zero-order chi connectivity index (χ0) is 22.9. The minimum absolute atomic E-state index is 0.0434. The Kier molecular flexibility index (Phi) is 5.78. The first-order valence-corrected chi connectivity index (χ1v) is 11.5. The van der Waals surface area contributed by atoms with E-state index in [0.717, 1.165) is 17.8 Å². The average molecular weight is 459 g/mol. The van der Waals surface area contributed by atoms with Crippen LogP contribution in [0.15, 0.2) is 37.2 Å². The van der Waals surface area contributed by atoms with E-state index in [-0.39, 0.29) is 28.6 Å². The van der Waals surface area contributed by atoms with Crippen LogP contribution < -0.4 is 5.32 Å². The number of anilines is 2. The second kappa shape index (κ2) is 8.54. The average Bonchev–Trinajstić information content (AvgIpc) is 3.19. The van der Waals surface area contributed by atoms with Gasteiger partial charge in [-0.25, -0.2) is 42.1 Å². The summed E-state index contributed by atoms with van der Waals surface area (Å²) in [6.07, 6.45) is 6.33. The minimum atomic E-state index is -3.52. The second-order valence-electron chi connectivity index (χ2n) is 7.16. The van der Waals surface area contributed by atoms with E-state index >= 15 is 4.39 Å². The number of hydrogen-bond acceptors (Lipinski definition) is 8. The van der Waals surface area contributed by atoms with E-state index in [2.05, 4.69) is 30.2 Å². The van der Waals surface area contributed by atoms with Gasteiger partial charge in [-0.3, -0.25) is 4.57 Å². The van der Waals surface area contributed by atoms with E-state index in [9.17, 15) is 12.8 Å². The summed E-state index contributed by atoms with van der Waals surface area (Å²) in [5.74, 6) is -2.20. The van der Waals surface area contributed by atoms with Gasteiger partial charge in [0.25, 0.3) is 0 Å². The molecule has 0 bridgehead atoms. The topological polar surface area (TPSA) is 116 Å². The molecule has 0 saturated heterocycles. The number of halogens is 2. The maximum absolute atomic E-state index is 15.1. The SMILES string of the molecule is CCCS(=O)(=O)Cc1ccc(F)c(Nc2ncnc3cnc(-n4cnc(C)c4)nc23)c1F. The van der Waals surface area contributed by atoms with Crippen LogP contribution in [0.2, 0.25) is 0 Å². The second-order valence-corrected chi connectivity index (χ2v) is 9.35. The molecule has 0 aliphatic rings. The highest BCUT2D eigenvalue weighted by molar-refractivity contribution is 7.90. The van der Waals surface area contributed by atoms with Crippen molar-refractivity contribution in [1.82, 2.24) is 29.5 Å². The highest BCUT2D eigenvalue weighted by Gasteiger charge is 2.20. The number of imidazole rings is 1. The van der Waals surface area contributed by atoms with Crippen molar-refractivity contribution in [2.24, 2.45) is 0 Å². The van der Waals surface area contributed by atoms with Crippen molar-refractivity contribution >= 4 is 32.4 Å². The summed E-state index contributed by atoms with van der Waals surface area (Å²) in [7, 11) is -3.52. The van der Waals surface area contributed by atoms with E-state index in [1.807, 2.05) is 6.92 Å². The summed E-state index contributed by atoms with van der Waals surface area (Å²) in [5.41, 5.74) is 0.685. The molecule has 12 heteroatoms. The third-order valence-electron chi connectivity index (χ3n) is 4.61. The molecule has 0 aliphatic carbocycles. The summed E-state index contributed by atoms with van der Waals surface area (Å²) >= 11 is 0. The van der Waals surface area contributed by atoms with Gasteiger partial charge in [-0.15, -0.1) is 0 Å². The zero-order valence-electron chi connectivity index (χ0n) is 17.2. The fourth-order valence-electron chi connectivity index (χ4n) is 3.15. The molecule has 0 saturated carbocycles. The summed E-state index contributed by atoms with van der Waals surface area (Å²) in [6, 6.07) is 2.14. The Morgan fingerprint density at radius 3 is 2.66 bits per heavy atom. The fourth-order valence-corrected chi connectivity index (χ4v) is 4.61. The number of fused-ring (bicyclic) bond motifs is 1. The largest absolute Gasteiger partial charge is 0.333 e. The van der Waals surface area contributed by atoms with E-state index in [4.69, 9.17) is 0 Å². The van der Waals surface area contributed by atoms with Crippen molar-refractivity contribution < 1.29 is 17.2 Å². The van der Waals surface area contributed by atoms with Gasteiger partial charge in [0.2, 0.25) is 5.95 Å². The number of aryl methyl sites for hydroxylation is 1. The summed E-state index contributed by atoms with van der Waals surface area (Å²) in [5, 5.41) is 2.61. The lowest BCUT2D eigenvalue weighted by Gasteiger charge is -2.13.